The fourth-order valence-corrected chi connectivity index (χ4v) is 3.22. The third-order valence-electron chi connectivity index (χ3n) is 3.82. The van der Waals surface area contributed by atoms with Gasteiger partial charge in [0.05, 0.1) is 12.3 Å². The topological polar surface area (TPSA) is 144 Å². The molecule has 0 amide bonds. The lowest BCUT2D eigenvalue weighted by Crippen LogP contribution is -2.43. The Morgan fingerprint density at radius 3 is 2.44 bits per heavy atom. The third-order valence-corrected chi connectivity index (χ3v) is 4.75. The highest BCUT2D eigenvalue weighted by Crippen LogP contribution is 2.28. The predicted octanol–water partition coefficient (Wildman–Crippen LogP) is -1.26. The van der Waals surface area contributed by atoms with Crippen molar-refractivity contribution in [3.8, 4) is 0 Å². The highest BCUT2D eigenvalue weighted by Gasteiger charge is 2.35. The maximum absolute atomic E-state index is 10.3. The SMILES string of the molecule is OC[C@@H](O)[C@@H](O)[C@H](O)[C@@H](O)c1nnc2n1N=C(c1ccccc1)CS2. The van der Waals surface area contributed by atoms with Crippen molar-refractivity contribution in [3.05, 3.63) is 41.7 Å². The molecule has 0 saturated heterocycles. The van der Waals surface area contributed by atoms with Gasteiger partial charge in [-0.05, 0) is 5.56 Å². The van der Waals surface area contributed by atoms with Gasteiger partial charge < -0.3 is 25.5 Å². The number of hydrogen-bond donors (Lipinski definition) is 5. The Morgan fingerprint density at radius 1 is 1.04 bits per heavy atom. The number of aromatic nitrogens is 3. The first kappa shape index (κ1) is 18.0. The molecule has 0 saturated carbocycles. The molecule has 10 heteroatoms. The molecule has 0 fully saturated rings. The second kappa shape index (κ2) is 7.60. The zero-order valence-electron chi connectivity index (χ0n) is 13.0. The Hall–Kier alpha value is -1.82. The van der Waals surface area contributed by atoms with Crippen molar-refractivity contribution in [2.75, 3.05) is 12.4 Å². The first-order valence-corrected chi connectivity index (χ1v) is 8.56. The fourth-order valence-electron chi connectivity index (χ4n) is 2.37. The van der Waals surface area contributed by atoms with E-state index in [0.717, 1.165) is 11.3 Å². The van der Waals surface area contributed by atoms with Gasteiger partial charge in [0.2, 0.25) is 5.16 Å². The van der Waals surface area contributed by atoms with Crippen LogP contribution in [0.1, 0.15) is 17.5 Å². The average Bonchev–Trinajstić information content (AvgIpc) is 3.09. The predicted molar refractivity (Wildman–Crippen MR) is 89.2 cm³/mol. The van der Waals surface area contributed by atoms with Crippen LogP contribution in [-0.4, -0.2) is 76.8 Å². The van der Waals surface area contributed by atoms with Crippen LogP contribution >= 0.6 is 11.8 Å². The van der Waals surface area contributed by atoms with Gasteiger partial charge in [-0.3, -0.25) is 0 Å². The van der Waals surface area contributed by atoms with Crippen molar-refractivity contribution in [1.29, 1.82) is 0 Å². The van der Waals surface area contributed by atoms with Gasteiger partial charge in [-0.15, -0.1) is 10.2 Å². The molecular formula is C15H18N4O5S. The number of benzene rings is 1. The molecule has 134 valence electrons. The number of fused-ring (bicyclic) bond motifs is 1. The molecule has 1 aliphatic heterocycles. The molecule has 0 aliphatic carbocycles. The monoisotopic (exact) mass is 366 g/mol. The number of rotatable bonds is 6. The van der Waals surface area contributed by atoms with Gasteiger partial charge in [-0.25, -0.2) is 0 Å². The minimum Gasteiger partial charge on any atom is -0.394 e. The number of thioether (sulfide) groups is 1. The Balaban J connectivity index is 1.89. The first-order valence-electron chi connectivity index (χ1n) is 7.57. The standard InChI is InChI=1S/C15H18N4O5S/c20-6-10(21)11(22)12(23)13(24)14-16-17-15-19(14)18-9(7-25-15)8-4-2-1-3-5-8/h1-5,10-13,20-24H,6-7H2/t10-,11-,12+,13-/m1/s1. The van der Waals surface area contributed by atoms with Crippen LogP contribution in [0.4, 0.5) is 0 Å². The van der Waals surface area contributed by atoms with Crippen molar-refractivity contribution >= 4 is 17.5 Å². The summed E-state index contributed by atoms with van der Waals surface area (Å²) >= 11 is 1.37. The number of aliphatic hydroxyl groups is 5. The van der Waals surface area contributed by atoms with E-state index < -0.39 is 31.0 Å². The Bertz CT molecular complexity index is 754. The van der Waals surface area contributed by atoms with Gasteiger partial charge >= 0.3 is 0 Å². The fraction of sp³-hybridized carbons (Fsp3) is 0.400. The highest BCUT2D eigenvalue weighted by atomic mass is 32.2. The number of aliphatic hydroxyl groups excluding tert-OH is 5. The summed E-state index contributed by atoms with van der Waals surface area (Å²) in [4.78, 5) is 0. The molecule has 5 N–H and O–H groups in total. The van der Waals surface area contributed by atoms with Crippen molar-refractivity contribution in [1.82, 2.24) is 14.9 Å². The van der Waals surface area contributed by atoms with E-state index in [1.165, 1.54) is 16.4 Å². The molecule has 3 rings (SSSR count). The molecule has 1 aromatic carbocycles. The summed E-state index contributed by atoms with van der Waals surface area (Å²) in [7, 11) is 0. The quantitative estimate of drug-likeness (QED) is 0.426. The summed E-state index contributed by atoms with van der Waals surface area (Å²) in [6, 6.07) is 9.47. The van der Waals surface area contributed by atoms with E-state index in [1.54, 1.807) is 0 Å². The van der Waals surface area contributed by atoms with Gasteiger partial charge in [0.25, 0.3) is 0 Å². The second-order valence-electron chi connectivity index (χ2n) is 5.53. The molecule has 1 aliphatic rings. The van der Waals surface area contributed by atoms with Crippen LogP contribution in [0.5, 0.6) is 0 Å². The van der Waals surface area contributed by atoms with E-state index in [4.69, 9.17) is 5.11 Å². The van der Waals surface area contributed by atoms with Crippen molar-refractivity contribution in [2.24, 2.45) is 5.10 Å². The lowest BCUT2D eigenvalue weighted by atomic mass is 10.0. The first-order chi connectivity index (χ1) is 12.0. The zero-order valence-corrected chi connectivity index (χ0v) is 13.9. The Morgan fingerprint density at radius 2 is 1.76 bits per heavy atom. The van der Waals surface area contributed by atoms with Gasteiger partial charge in [-0.2, -0.15) is 9.78 Å². The van der Waals surface area contributed by atoms with Crippen LogP contribution in [0, 0.1) is 0 Å². The molecule has 0 bridgehead atoms. The molecule has 1 aromatic heterocycles. The summed E-state index contributed by atoms with van der Waals surface area (Å²) in [5.41, 5.74) is 1.66. The van der Waals surface area contributed by atoms with Gasteiger partial charge in [0, 0.05) is 5.75 Å². The minimum atomic E-state index is -1.77. The Labute approximate surface area is 147 Å². The molecule has 2 heterocycles. The van der Waals surface area contributed by atoms with Crippen LogP contribution in [0.3, 0.4) is 0 Å². The van der Waals surface area contributed by atoms with Gasteiger partial charge in [-0.1, -0.05) is 42.1 Å². The van der Waals surface area contributed by atoms with E-state index >= 15 is 0 Å². The van der Waals surface area contributed by atoms with Crippen molar-refractivity contribution in [3.63, 3.8) is 0 Å². The molecular weight excluding hydrogens is 348 g/mol. The van der Waals surface area contributed by atoms with Crippen LogP contribution < -0.4 is 0 Å². The average molecular weight is 366 g/mol. The van der Waals surface area contributed by atoms with E-state index in [1.807, 2.05) is 30.3 Å². The molecule has 9 nitrogen and oxygen atoms in total. The summed E-state index contributed by atoms with van der Waals surface area (Å²) in [5, 5.41) is 61.0. The molecule has 0 spiro atoms. The molecule has 2 aromatic rings. The van der Waals surface area contributed by atoms with E-state index in [0.29, 0.717) is 10.9 Å². The van der Waals surface area contributed by atoms with E-state index in [-0.39, 0.29) is 5.82 Å². The van der Waals surface area contributed by atoms with Gasteiger partial charge in [0.1, 0.15) is 24.4 Å². The lowest BCUT2D eigenvalue weighted by molar-refractivity contribution is -0.118. The number of hydrogen-bond acceptors (Lipinski definition) is 9. The Kier molecular flexibility index (Phi) is 5.47. The van der Waals surface area contributed by atoms with Gasteiger partial charge in [0.15, 0.2) is 5.82 Å². The lowest BCUT2D eigenvalue weighted by Gasteiger charge is -2.25. The third kappa shape index (κ3) is 3.59. The summed E-state index contributed by atoms with van der Waals surface area (Å²) in [6.07, 6.45) is -6.75. The minimum absolute atomic E-state index is 0.0627. The smallest absolute Gasteiger partial charge is 0.212 e. The van der Waals surface area contributed by atoms with Crippen molar-refractivity contribution in [2.45, 2.75) is 29.6 Å². The summed E-state index contributed by atoms with van der Waals surface area (Å²) in [5.74, 6) is 0.513. The molecule has 25 heavy (non-hydrogen) atoms. The van der Waals surface area contributed by atoms with E-state index in [2.05, 4.69) is 15.3 Å². The number of nitrogens with zero attached hydrogens (tertiary/aromatic N) is 4. The summed E-state index contributed by atoms with van der Waals surface area (Å²) in [6.45, 7) is -0.755. The normalized spacial score (nSPS) is 18.8. The molecule has 4 atom stereocenters. The van der Waals surface area contributed by atoms with E-state index in [9.17, 15) is 20.4 Å². The summed E-state index contributed by atoms with van der Waals surface area (Å²) < 4.78 is 1.31. The van der Waals surface area contributed by atoms with Crippen LogP contribution in [0.15, 0.2) is 40.6 Å². The highest BCUT2D eigenvalue weighted by molar-refractivity contribution is 7.99. The maximum Gasteiger partial charge on any atom is 0.212 e. The van der Waals surface area contributed by atoms with Crippen LogP contribution in [0.2, 0.25) is 0 Å². The zero-order chi connectivity index (χ0) is 18.0. The van der Waals surface area contributed by atoms with Crippen LogP contribution in [-0.2, 0) is 0 Å². The largest absolute Gasteiger partial charge is 0.394 e. The second-order valence-corrected chi connectivity index (χ2v) is 6.47. The molecule has 0 radical (unpaired) electrons. The maximum atomic E-state index is 10.3. The molecule has 0 unspecified atom stereocenters. The van der Waals surface area contributed by atoms with Crippen molar-refractivity contribution < 1.29 is 25.5 Å². The van der Waals surface area contributed by atoms with Crippen LogP contribution in [0.25, 0.3) is 0 Å².